The predicted octanol–water partition coefficient (Wildman–Crippen LogP) is 8.09. The number of hydrogen-bond donors (Lipinski definition) is 0. The van der Waals surface area contributed by atoms with Gasteiger partial charge in [0.05, 0.1) is 0 Å². The molecule has 154 valence electrons. The molecule has 0 amide bonds. The molecule has 0 atom stereocenters. The summed E-state index contributed by atoms with van der Waals surface area (Å²) >= 11 is -2.68. The fourth-order valence-electron chi connectivity index (χ4n) is 4.85. The minimum absolute atomic E-state index is 0. The fraction of sp³-hybridized carbons (Fsp3) is 0.565. The maximum Gasteiger partial charge on any atom is -0.147 e. The molecule has 0 spiro atoms. The first-order valence-electron chi connectivity index (χ1n) is 9.88. The molecule has 0 radical (unpaired) electrons. The van der Waals surface area contributed by atoms with Gasteiger partial charge in [-0.1, -0.05) is 0 Å². The third kappa shape index (κ3) is 5.30. The molecule has 2 aliphatic rings. The molecule has 0 N–H and O–H groups in total. The van der Waals surface area contributed by atoms with Crippen LogP contribution in [0.3, 0.4) is 0 Å². The maximum atomic E-state index is 4.23. The zero-order valence-corrected chi connectivity index (χ0v) is 23.9. The van der Waals surface area contributed by atoms with Gasteiger partial charge in [0.15, 0.2) is 0 Å². The van der Waals surface area contributed by atoms with Crippen LogP contribution in [-0.4, -0.2) is 5.92 Å². The molecular weight excluding hydrogens is 466 g/mol. The van der Waals surface area contributed by atoms with E-state index < -0.39 is 25.4 Å². The first-order valence-corrected chi connectivity index (χ1v) is 21.2. The topological polar surface area (TPSA) is 0 Å². The SMILES string of the molecule is C=C[CH2][Zr]([C]1=C(C(C)(C)C)C=CC1)([C]1=C(C(C)(C)C)C=CC1)[SiH](C)C.Cl.Cl. The Bertz CT molecular complexity index is 619. The molecule has 27 heavy (non-hydrogen) atoms. The molecule has 0 nitrogen and oxygen atoms in total. The fourth-order valence-corrected chi connectivity index (χ4v) is 34.9. The van der Waals surface area contributed by atoms with Gasteiger partial charge in [0, 0.05) is 0 Å². The summed E-state index contributed by atoms with van der Waals surface area (Å²) < 4.78 is 5.11. The second-order valence-corrected chi connectivity index (χ2v) is 35.5. The van der Waals surface area contributed by atoms with Crippen LogP contribution in [0.5, 0.6) is 0 Å². The van der Waals surface area contributed by atoms with Crippen LogP contribution >= 0.6 is 24.8 Å². The second-order valence-electron chi connectivity index (χ2n) is 10.1. The number of allylic oxidation sites excluding steroid dienone is 9. The van der Waals surface area contributed by atoms with Crippen LogP contribution in [0.25, 0.3) is 0 Å². The molecule has 0 saturated heterocycles. The zero-order chi connectivity index (χ0) is 19.0. The molecule has 0 heterocycles. The largest absolute Gasteiger partial charge is 0.147 e. The van der Waals surface area contributed by atoms with Gasteiger partial charge in [0.25, 0.3) is 0 Å². The van der Waals surface area contributed by atoms with Crippen molar-refractivity contribution in [3.63, 3.8) is 0 Å². The van der Waals surface area contributed by atoms with Crippen LogP contribution < -0.4 is 0 Å². The molecule has 0 aromatic heterocycles. The third-order valence-electron chi connectivity index (χ3n) is 6.01. The first-order chi connectivity index (χ1) is 11.5. The molecule has 0 aliphatic heterocycles. The molecule has 4 heteroatoms. The van der Waals surface area contributed by atoms with Gasteiger partial charge in [0.1, 0.15) is 0 Å². The van der Waals surface area contributed by atoms with Gasteiger partial charge in [-0.15, -0.1) is 24.8 Å². The summed E-state index contributed by atoms with van der Waals surface area (Å²) in [5.74, 6) is -0.823. The molecule has 0 bridgehead atoms. The van der Waals surface area contributed by atoms with E-state index in [1.54, 1.807) is 11.1 Å². The Morgan fingerprint density at radius 3 is 1.52 bits per heavy atom. The van der Waals surface area contributed by atoms with Crippen LogP contribution in [-0.2, 0) is 19.4 Å². The summed E-state index contributed by atoms with van der Waals surface area (Å²) in [5, 5.41) is 0. The van der Waals surface area contributed by atoms with E-state index in [0.29, 0.717) is 0 Å². The van der Waals surface area contributed by atoms with E-state index in [0.717, 1.165) is 0 Å². The van der Waals surface area contributed by atoms with Crippen LogP contribution in [0.1, 0.15) is 54.4 Å². The van der Waals surface area contributed by atoms with Gasteiger partial charge >= 0.3 is 162 Å². The van der Waals surface area contributed by atoms with E-state index >= 15 is 0 Å². The minimum Gasteiger partial charge on any atom is -0.147 e. The van der Waals surface area contributed by atoms with E-state index in [9.17, 15) is 0 Å². The number of hydrogen-bond acceptors (Lipinski definition) is 0. The first kappa shape index (κ1) is 27.4. The Kier molecular flexibility index (Phi) is 10.1. The predicted molar refractivity (Wildman–Crippen MR) is 129 cm³/mol. The van der Waals surface area contributed by atoms with E-state index in [2.05, 4.69) is 91.6 Å². The average molecular weight is 507 g/mol. The summed E-state index contributed by atoms with van der Waals surface area (Å²) in [6.45, 7) is 23.9. The zero-order valence-electron chi connectivity index (χ0n) is 18.6. The van der Waals surface area contributed by atoms with Gasteiger partial charge in [-0.05, 0) is 0 Å². The summed E-state index contributed by atoms with van der Waals surface area (Å²) in [5.41, 5.74) is 3.84. The Morgan fingerprint density at radius 2 is 1.26 bits per heavy atom. The van der Waals surface area contributed by atoms with Crippen LogP contribution in [0, 0.1) is 10.8 Å². The molecule has 2 aliphatic carbocycles. The van der Waals surface area contributed by atoms with Crippen molar-refractivity contribution in [2.24, 2.45) is 10.8 Å². The molecule has 0 fully saturated rings. The maximum absolute atomic E-state index is 4.23. The Hall–Kier alpha value is 0.380. The molecule has 0 saturated carbocycles. The summed E-state index contributed by atoms with van der Waals surface area (Å²) in [6, 6.07) is 0. The van der Waals surface area contributed by atoms with Crippen molar-refractivity contribution in [2.75, 3.05) is 0 Å². The molecular formula is C23H40Cl2SiZr. The van der Waals surface area contributed by atoms with Crippen molar-refractivity contribution in [3.8, 4) is 0 Å². The van der Waals surface area contributed by atoms with Gasteiger partial charge in [-0.2, -0.15) is 0 Å². The molecule has 0 unspecified atom stereocenters. The van der Waals surface area contributed by atoms with Crippen molar-refractivity contribution in [1.29, 1.82) is 0 Å². The smallest absolute Gasteiger partial charge is 0.147 e. The minimum atomic E-state index is -2.68. The normalized spacial score (nSPS) is 17.5. The van der Waals surface area contributed by atoms with Crippen molar-refractivity contribution >= 4 is 30.7 Å². The molecule has 2 rings (SSSR count). The van der Waals surface area contributed by atoms with E-state index in [4.69, 9.17) is 0 Å². The van der Waals surface area contributed by atoms with Gasteiger partial charge in [-0.3, -0.25) is 0 Å². The molecule has 0 aromatic rings. The van der Waals surface area contributed by atoms with Crippen molar-refractivity contribution in [3.05, 3.63) is 54.7 Å². The van der Waals surface area contributed by atoms with Gasteiger partial charge in [0.2, 0.25) is 0 Å². The summed E-state index contributed by atoms with van der Waals surface area (Å²) in [7, 11) is 0. The van der Waals surface area contributed by atoms with Crippen LogP contribution in [0.15, 0.2) is 54.7 Å². The second kappa shape index (κ2) is 9.92. The van der Waals surface area contributed by atoms with E-state index in [1.807, 2.05) is 6.56 Å². The Morgan fingerprint density at radius 1 is 0.889 bits per heavy atom. The summed E-state index contributed by atoms with van der Waals surface area (Å²) in [6.07, 6.45) is 14.5. The van der Waals surface area contributed by atoms with Crippen LogP contribution in [0.4, 0.5) is 0 Å². The van der Waals surface area contributed by atoms with Crippen LogP contribution in [0.2, 0.25) is 17.2 Å². The Labute approximate surface area is 186 Å². The number of rotatable bonds is 5. The summed E-state index contributed by atoms with van der Waals surface area (Å²) in [4.78, 5) is 0. The third-order valence-corrected chi connectivity index (χ3v) is 37.9. The van der Waals surface area contributed by atoms with Crippen molar-refractivity contribution in [1.82, 2.24) is 0 Å². The quantitative estimate of drug-likeness (QED) is 0.261. The van der Waals surface area contributed by atoms with Gasteiger partial charge in [-0.25, -0.2) is 0 Å². The van der Waals surface area contributed by atoms with Crippen molar-refractivity contribution in [2.45, 2.75) is 71.6 Å². The van der Waals surface area contributed by atoms with Gasteiger partial charge < -0.3 is 0 Å². The molecule has 0 aromatic carbocycles. The standard InChI is InChI=1S/2C9H13.C3H5.C2H7Si.2ClH.Zr/c2*1-9(2,3)8-6-4-5-7-8;2*1-3-2;;;/h2*4,6H,5H2,1-3H3;3H,1-2H2;3H,1-2H3;2*1H;. The van der Waals surface area contributed by atoms with Crippen molar-refractivity contribution < 1.29 is 19.4 Å². The number of halogens is 2. The average Bonchev–Trinajstić information content (AvgIpc) is 3.12. The monoisotopic (exact) mass is 504 g/mol. The van der Waals surface area contributed by atoms with E-state index in [1.165, 1.54) is 17.0 Å². The van der Waals surface area contributed by atoms with E-state index in [-0.39, 0.29) is 35.6 Å². The Balaban J connectivity index is 0.00000338.